The molecule has 0 N–H and O–H groups in total. The first-order chi connectivity index (χ1) is 9.93. The van der Waals surface area contributed by atoms with Crippen molar-refractivity contribution in [2.24, 2.45) is 0 Å². The summed E-state index contributed by atoms with van der Waals surface area (Å²) in [6.45, 7) is 1.13. The number of thioether (sulfide) groups is 1. The van der Waals surface area contributed by atoms with E-state index in [1.165, 1.54) is 34.8 Å². The molecule has 0 fully saturated rings. The van der Waals surface area contributed by atoms with Gasteiger partial charge in [0.2, 0.25) is 0 Å². The van der Waals surface area contributed by atoms with Crippen LogP contribution in [0.1, 0.15) is 30.1 Å². The fourth-order valence-electron chi connectivity index (χ4n) is 3.27. The Labute approximate surface area is 123 Å². The number of aryl methyl sites for hydroxylation is 1. The van der Waals surface area contributed by atoms with Gasteiger partial charge in [-0.05, 0) is 37.5 Å². The Morgan fingerprint density at radius 2 is 2.05 bits per heavy atom. The molecule has 4 heteroatoms. The van der Waals surface area contributed by atoms with Crippen LogP contribution in [0.15, 0.2) is 41.7 Å². The van der Waals surface area contributed by atoms with Crippen molar-refractivity contribution in [2.45, 2.75) is 30.3 Å². The Bertz CT molecular complexity index is 573. The van der Waals surface area contributed by atoms with Crippen LogP contribution < -0.4 is 4.90 Å². The molecule has 2 aromatic rings. The summed E-state index contributed by atoms with van der Waals surface area (Å²) in [5.74, 6) is 1.15. The van der Waals surface area contributed by atoms with Gasteiger partial charge in [-0.25, -0.2) is 4.98 Å². The van der Waals surface area contributed by atoms with Crippen LogP contribution in [-0.4, -0.2) is 22.3 Å². The van der Waals surface area contributed by atoms with E-state index >= 15 is 0 Å². The molecule has 2 aliphatic rings. The van der Waals surface area contributed by atoms with Crippen LogP contribution in [0.4, 0.5) is 5.69 Å². The molecule has 0 amide bonds. The number of pyridine rings is 2. The fourth-order valence-corrected chi connectivity index (χ4v) is 4.31. The molecule has 4 rings (SSSR count). The average molecular weight is 283 g/mol. The second-order valence-corrected chi connectivity index (χ2v) is 6.40. The van der Waals surface area contributed by atoms with Gasteiger partial charge < -0.3 is 4.90 Å². The molecule has 2 aliphatic heterocycles. The van der Waals surface area contributed by atoms with Crippen LogP contribution in [0.5, 0.6) is 0 Å². The maximum absolute atomic E-state index is 4.56. The minimum Gasteiger partial charge on any atom is -0.363 e. The molecule has 0 aromatic carbocycles. The first-order valence-corrected chi connectivity index (χ1v) is 8.20. The lowest BCUT2D eigenvalue weighted by atomic mass is 9.99. The number of fused-ring (bicyclic) bond motifs is 2. The predicted octanol–water partition coefficient (Wildman–Crippen LogP) is 3.47. The molecule has 0 saturated heterocycles. The van der Waals surface area contributed by atoms with Crippen molar-refractivity contribution in [2.75, 3.05) is 17.2 Å². The highest BCUT2D eigenvalue weighted by Crippen LogP contribution is 2.41. The second-order valence-electron chi connectivity index (χ2n) is 5.32. The lowest BCUT2D eigenvalue weighted by molar-refractivity contribution is 0.550. The predicted molar refractivity (Wildman–Crippen MR) is 82.2 cm³/mol. The zero-order valence-electron chi connectivity index (χ0n) is 11.3. The monoisotopic (exact) mass is 283 g/mol. The number of hydrogen-bond acceptors (Lipinski definition) is 4. The highest BCUT2D eigenvalue weighted by molar-refractivity contribution is 7.99. The van der Waals surface area contributed by atoms with Crippen molar-refractivity contribution in [3.63, 3.8) is 0 Å². The van der Waals surface area contributed by atoms with Gasteiger partial charge in [-0.3, -0.25) is 4.98 Å². The SMILES string of the molecule is c1cnc2c(c1)C(N1CCCc3ncccc31)CCS2. The van der Waals surface area contributed by atoms with Gasteiger partial charge in [0.05, 0.1) is 17.4 Å². The van der Waals surface area contributed by atoms with Crippen LogP contribution in [0, 0.1) is 0 Å². The second kappa shape index (κ2) is 5.09. The highest BCUT2D eigenvalue weighted by atomic mass is 32.2. The summed E-state index contributed by atoms with van der Waals surface area (Å²) in [5.41, 5.74) is 3.97. The molecule has 20 heavy (non-hydrogen) atoms. The van der Waals surface area contributed by atoms with E-state index in [-0.39, 0.29) is 0 Å². The Kier molecular flexibility index (Phi) is 3.11. The molecule has 4 heterocycles. The van der Waals surface area contributed by atoms with Gasteiger partial charge in [0, 0.05) is 30.3 Å². The normalized spacial score (nSPS) is 21.2. The summed E-state index contributed by atoms with van der Waals surface area (Å²) in [6, 6.07) is 9.04. The number of hydrogen-bond donors (Lipinski definition) is 0. The third kappa shape index (κ3) is 1.99. The third-order valence-electron chi connectivity index (χ3n) is 4.15. The minimum atomic E-state index is 0.461. The van der Waals surface area contributed by atoms with Gasteiger partial charge in [-0.1, -0.05) is 6.07 Å². The molecule has 0 saturated carbocycles. The smallest absolute Gasteiger partial charge is 0.101 e. The van der Waals surface area contributed by atoms with Crippen LogP contribution in [-0.2, 0) is 6.42 Å². The minimum absolute atomic E-state index is 0.461. The number of aromatic nitrogens is 2. The molecule has 1 atom stereocenters. The molecule has 0 spiro atoms. The van der Waals surface area contributed by atoms with Crippen molar-refractivity contribution in [3.05, 3.63) is 47.9 Å². The molecule has 2 aromatic heterocycles. The van der Waals surface area contributed by atoms with Gasteiger partial charge in [0.25, 0.3) is 0 Å². The van der Waals surface area contributed by atoms with E-state index in [9.17, 15) is 0 Å². The largest absolute Gasteiger partial charge is 0.363 e. The average Bonchev–Trinajstić information content (AvgIpc) is 2.54. The molecule has 0 radical (unpaired) electrons. The molecule has 0 aliphatic carbocycles. The first-order valence-electron chi connectivity index (χ1n) is 7.22. The van der Waals surface area contributed by atoms with Crippen molar-refractivity contribution in [1.82, 2.24) is 9.97 Å². The van der Waals surface area contributed by atoms with Crippen LogP contribution in [0.2, 0.25) is 0 Å². The fraction of sp³-hybridized carbons (Fsp3) is 0.375. The molecule has 3 nitrogen and oxygen atoms in total. The summed E-state index contributed by atoms with van der Waals surface area (Å²) in [6.07, 6.45) is 7.31. The van der Waals surface area contributed by atoms with Gasteiger partial charge in [0.15, 0.2) is 0 Å². The van der Waals surface area contributed by atoms with Crippen LogP contribution in [0.25, 0.3) is 0 Å². The van der Waals surface area contributed by atoms with Crippen molar-refractivity contribution >= 4 is 17.4 Å². The van der Waals surface area contributed by atoms with E-state index in [0.717, 1.165) is 18.7 Å². The zero-order chi connectivity index (χ0) is 13.4. The molecular formula is C16H17N3S. The topological polar surface area (TPSA) is 29.0 Å². The van der Waals surface area contributed by atoms with Gasteiger partial charge in [-0.15, -0.1) is 11.8 Å². The lowest BCUT2D eigenvalue weighted by Crippen LogP contribution is -2.35. The first kappa shape index (κ1) is 12.2. The summed E-state index contributed by atoms with van der Waals surface area (Å²) >= 11 is 1.88. The van der Waals surface area contributed by atoms with Gasteiger partial charge in [0.1, 0.15) is 5.03 Å². The van der Waals surface area contributed by atoms with E-state index in [1.54, 1.807) is 0 Å². The van der Waals surface area contributed by atoms with Crippen molar-refractivity contribution in [3.8, 4) is 0 Å². The van der Waals surface area contributed by atoms with E-state index in [2.05, 4.69) is 39.1 Å². The highest BCUT2D eigenvalue weighted by Gasteiger charge is 2.30. The molecule has 0 bridgehead atoms. The lowest BCUT2D eigenvalue weighted by Gasteiger charge is -2.39. The number of rotatable bonds is 1. The van der Waals surface area contributed by atoms with Crippen molar-refractivity contribution in [1.29, 1.82) is 0 Å². The van der Waals surface area contributed by atoms with E-state index in [1.807, 2.05) is 24.2 Å². The molecule has 102 valence electrons. The summed E-state index contributed by atoms with van der Waals surface area (Å²) in [5, 5.41) is 1.21. The van der Waals surface area contributed by atoms with Crippen LogP contribution >= 0.6 is 11.8 Å². The standard InChI is InChI=1S/C16H17N3S/c1-4-12-14(7-11-20-16(12)18-9-1)19-10-3-5-13-15(19)6-2-8-17-13/h1-2,4,6,8-9,14H,3,5,7,10-11H2. The number of anilines is 1. The Balaban J connectivity index is 1.77. The zero-order valence-corrected chi connectivity index (χ0v) is 12.1. The Morgan fingerprint density at radius 3 is 3.05 bits per heavy atom. The summed E-state index contributed by atoms with van der Waals surface area (Å²) in [7, 11) is 0. The van der Waals surface area contributed by atoms with E-state index in [0.29, 0.717) is 6.04 Å². The quantitative estimate of drug-likeness (QED) is 0.801. The molecule has 1 unspecified atom stereocenters. The molecular weight excluding hydrogens is 266 g/mol. The van der Waals surface area contributed by atoms with E-state index in [4.69, 9.17) is 0 Å². The van der Waals surface area contributed by atoms with Gasteiger partial charge >= 0.3 is 0 Å². The van der Waals surface area contributed by atoms with Crippen molar-refractivity contribution < 1.29 is 0 Å². The number of nitrogens with zero attached hydrogens (tertiary/aromatic N) is 3. The van der Waals surface area contributed by atoms with Gasteiger partial charge in [-0.2, -0.15) is 0 Å². The maximum atomic E-state index is 4.56. The Morgan fingerprint density at radius 1 is 1.15 bits per heavy atom. The summed E-state index contributed by atoms with van der Waals surface area (Å²) < 4.78 is 0. The third-order valence-corrected chi connectivity index (χ3v) is 5.21. The maximum Gasteiger partial charge on any atom is 0.101 e. The summed E-state index contributed by atoms with van der Waals surface area (Å²) in [4.78, 5) is 11.6. The Hall–Kier alpha value is -1.55. The van der Waals surface area contributed by atoms with E-state index < -0.39 is 0 Å². The van der Waals surface area contributed by atoms with Crippen LogP contribution in [0.3, 0.4) is 0 Å².